The summed E-state index contributed by atoms with van der Waals surface area (Å²) in [6.45, 7) is 2.67. The zero-order chi connectivity index (χ0) is 13.2. The Balaban J connectivity index is 1.62. The predicted octanol–water partition coefficient (Wildman–Crippen LogP) is 2.52. The minimum absolute atomic E-state index is 0.0811. The monoisotopic (exact) mass is 261 g/mol. The van der Waals surface area contributed by atoms with E-state index in [4.69, 9.17) is 9.47 Å². The molecule has 0 aromatic heterocycles. The Kier molecular flexibility index (Phi) is 3.42. The van der Waals surface area contributed by atoms with E-state index in [1.807, 2.05) is 18.2 Å². The second-order valence-corrected chi connectivity index (χ2v) is 5.32. The van der Waals surface area contributed by atoms with Gasteiger partial charge in [-0.05, 0) is 37.8 Å². The van der Waals surface area contributed by atoms with E-state index in [9.17, 15) is 4.79 Å². The molecule has 0 radical (unpaired) electrons. The molecular weight excluding hydrogens is 242 g/mol. The van der Waals surface area contributed by atoms with Gasteiger partial charge in [-0.1, -0.05) is 6.07 Å². The molecule has 1 aromatic rings. The summed E-state index contributed by atoms with van der Waals surface area (Å²) in [6, 6.07) is 5.90. The fraction of sp³-hybridized carbons (Fsp3) is 0.533. The van der Waals surface area contributed by atoms with E-state index in [-0.39, 0.29) is 12.0 Å². The van der Waals surface area contributed by atoms with Gasteiger partial charge < -0.3 is 14.8 Å². The van der Waals surface area contributed by atoms with Crippen LogP contribution in [0.4, 0.5) is 5.69 Å². The summed E-state index contributed by atoms with van der Waals surface area (Å²) >= 11 is 0. The molecule has 0 bridgehead atoms. The highest BCUT2D eigenvalue weighted by Gasteiger charge is 2.22. The van der Waals surface area contributed by atoms with Crippen molar-refractivity contribution in [3.05, 3.63) is 23.8 Å². The van der Waals surface area contributed by atoms with Gasteiger partial charge in [-0.3, -0.25) is 4.79 Å². The van der Waals surface area contributed by atoms with E-state index in [0.29, 0.717) is 19.1 Å². The van der Waals surface area contributed by atoms with Crippen LogP contribution >= 0.6 is 0 Å². The number of carbonyl (C=O) groups excluding carboxylic acids is 1. The van der Waals surface area contributed by atoms with Crippen molar-refractivity contribution in [2.24, 2.45) is 0 Å². The average Bonchev–Trinajstić information content (AvgIpc) is 2.81. The minimum Gasteiger partial charge on any atom is -0.491 e. The molecule has 0 spiro atoms. The second kappa shape index (κ2) is 5.21. The van der Waals surface area contributed by atoms with Crippen LogP contribution in [0.2, 0.25) is 0 Å². The Morgan fingerprint density at radius 2 is 2.26 bits per heavy atom. The Morgan fingerprint density at radius 3 is 3.05 bits per heavy atom. The normalized spacial score (nSPS) is 25.8. The van der Waals surface area contributed by atoms with E-state index in [2.05, 4.69) is 12.2 Å². The lowest BCUT2D eigenvalue weighted by Gasteiger charge is -2.18. The standard InChI is InChI=1S/C15H19NO3/c1-10-2-5-13(19-10)9-18-12-6-3-11-4-7-15(17)16-14(11)8-12/h3,6,8,10,13H,2,4-5,7,9H2,1H3,(H,16,17). The first-order valence-corrected chi connectivity index (χ1v) is 6.92. The number of ether oxygens (including phenoxy) is 2. The van der Waals surface area contributed by atoms with E-state index in [1.165, 1.54) is 5.56 Å². The quantitative estimate of drug-likeness (QED) is 0.909. The third-order valence-electron chi connectivity index (χ3n) is 3.73. The summed E-state index contributed by atoms with van der Waals surface area (Å²) < 4.78 is 11.5. The van der Waals surface area contributed by atoms with Gasteiger partial charge in [0.25, 0.3) is 0 Å². The number of anilines is 1. The topological polar surface area (TPSA) is 47.6 Å². The van der Waals surface area contributed by atoms with Gasteiger partial charge in [-0.15, -0.1) is 0 Å². The van der Waals surface area contributed by atoms with Gasteiger partial charge in [0, 0.05) is 18.2 Å². The van der Waals surface area contributed by atoms with Crippen LogP contribution in [0.25, 0.3) is 0 Å². The maximum Gasteiger partial charge on any atom is 0.224 e. The van der Waals surface area contributed by atoms with E-state index < -0.39 is 0 Å². The molecule has 19 heavy (non-hydrogen) atoms. The van der Waals surface area contributed by atoms with Crippen molar-refractivity contribution in [2.45, 2.75) is 44.8 Å². The van der Waals surface area contributed by atoms with Crippen LogP contribution in [-0.4, -0.2) is 24.7 Å². The maximum absolute atomic E-state index is 11.4. The van der Waals surface area contributed by atoms with E-state index >= 15 is 0 Å². The predicted molar refractivity (Wildman–Crippen MR) is 72.5 cm³/mol. The maximum atomic E-state index is 11.4. The van der Waals surface area contributed by atoms with Crippen LogP contribution in [0.5, 0.6) is 5.75 Å². The lowest BCUT2D eigenvalue weighted by atomic mass is 10.0. The third kappa shape index (κ3) is 2.89. The Hall–Kier alpha value is -1.55. The zero-order valence-electron chi connectivity index (χ0n) is 11.1. The third-order valence-corrected chi connectivity index (χ3v) is 3.73. The molecular formula is C15H19NO3. The molecule has 2 aliphatic heterocycles. The van der Waals surface area contributed by atoms with Crippen molar-refractivity contribution in [2.75, 3.05) is 11.9 Å². The van der Waals surface area contributed by atoms with Gasteiger partial charge in [-0.2, -0.15) is 0 Å². The number of rotatable bonds is 3. The molecule has 0 saturated carbocycles. The largest absolute Gasteiger partial charge is 0.491 e. The molecule has 0 aliphatic carbocycles. The summed E-state index contributed by atoms with van der Waals surface area (Å²) in [7, 11) is 0. The first kappa shape index (κ1) is 12.5. The van der Waals surface area contributed by atoms with Crippen LogP contribution in [-0.2, 0) is 16.0 Å². The molecule has 1 fully saturated rings. The van der Waals surface area contributed by atoms with Crippen LogP contribution in [0.3, 0.4) is 0 Å². The molecule has 2 atom stereocenters. The minimum atomic E-state index is 0.0811. The average molecular weight is 261 g/mol. The molecule has 1 N–H and O–H groups in total. The molecule has 2 unspecified atom stereocenters. The number of carbonyl (C=O) groups is 1. The van der Waals surface area contributed by atoms with Crippen molar-refractivity contribution in [3.63, 3.8) is 0 Å². The SMILES string of the molecule is CC1CCC(COc2ccc3c(c2)NC(=O)CC3)O1. The fourth-order valence-corrected chi connectivity index (χ4v) is 2.64. The number of fused-ring (bicyclic) bond motifs is 1. The lowest BCUT2D eigenvalue weighted by Crippen LogP contribution is -2.20. The van der Waals surface area contributed by atoms with Crippen LogP contribution in [0, 0.1) is 0 Å². The number of hydrogen-bond donors (Lipinski definition) is 1. The zero-order valence-corrected chi connectivity index (χ0v) is 11.1. The van der Waals surface area contributed by atoms with Crippen molar-refractivity contribution in [3.8, 4) is 5.75 Å². The van der Waals surface area contributed by atoms with Crippen molar-refractivity contribution in [1.29, 1.82) is 0 Å². The van der Waals surface area contributed by atoms with Gasteiger partial charge in [0.1, 0.15) is 12.4 Å². The molecule has 4 nitrogen and oxygen atoms in total. The highest BCUT2D eigenvalue weighted by molar-refractivity contribution is 5.94. The van der Waals surface area contributed by atoms with Gasteiger partial charge >= 0.3 is 0 Å². The summed E-state index contributed by atoms with van der Waals surface area (Å²) in [6.07, 6.45) is 4.08. The molecule has 1 saturated heterocycles. The number of hydrogen-bond acceptors (Lipinski definition) is 3. The van der Waals surface area contributed by atoms with Gasteiger partial charge in [0.2, 0.25) is 5.91 Å². The van der Waals surface area contributed by atoms with Crippen LogP contribution in [0.1, 0.15) is 31.7 Å². The Bertz CT molecular complexity index is 486. The lowest BCUT2D eigenvalue weighted by molar-refractivity contribution is -0.116. The first-order valence-electron chi connectivity index (χ1n) is 6.92. The molecule has 3 rings (SSSR count). The Labute approximate surface area is 113 Å². The number of aryl methyl sites for hydroxylation is 1. The van der Waals surface area contributed by atoms with Gasteiger partial charge in [-0.25, -0.2) is 0 Å². The fourth-order valence-electron chi connectivity index (χ4n) is 2.64. The number of benzene rings is 1. The number of amides is 1. The van der Waals surface area contributed by atoms with Crippen molar-refractivity contribution in [1.82, 2.24) is 0 Å². The number of nitrogens with one attached hydrogen (secondary N) is 1. The van der Waals surface area contributed by atoms with Gasteiger partial charge in [0.15, 0.2) is 0 Å². The molecule has 2 heterocycles. The summed E-state index contributed by atoms with van der Waals surface area (Å²) in [5, 5.41) is 2.89. The molecule has 1 aromatic carbocycles. The highest BCUT2D eigenvalue weighted by Crippen LogP contribution is 2.28. The second-order valence-electron chi connectivity index (χ2n) is 5.32. The van der Waals surface area contributed by atoms with Crippen LogP contribution in [0.15, 0.2) is 18.2 Å². The van der Waals surface area contributed by atoms with Crippen molar-refractivity contribution >= 4 is 11.6 Å². The van der Waals surface area contributed by atoms with Crippen LogP contribution < -0.4 is 10.1 Å². The molecule has 1 amide bonds. The summed E-state index contributed by atoms with van der Waals surface area (Å²) in [5.74, 6) is 0.877. The molecule has 102 valence electrons. The highest BCUT2D eigenvalue weighted by atomic mass is 16.5. The molecule has 2 aliphatic rings. The summed E-state index contributed by atoms with van der Waals surface area (Å²) in [5.41, 5.74) is 2.06. The van der Waals surface area contributed by atoms with Gasteiger partial charge in [0.05, 0.1) is 12.2 Å². The first-order chi connectivity index (χ1) is 9.20. The Morgan fingerprint density at radius 1 is 1.37 bits per heavy atom. The summed E-state index contributed by atoms with van der Waals surface area (Å²) in [4.78, 5) is 11.4. The van der Waals surface area contributed by atoms with E-state index in [0.717, 1.165) is 30.7 Å². The smallest absolute Gasteiger partial charge is 0.224 e. The van der Waals surface area contributed by atoms with E-state index in [1.54, 1.807) is 0 Å². The molecule has 4 heteroatoms. The van der Waals surface area contributed by atoms with Crippen molar-refractivity contribution < 1.29 is 14.3 Å².